The molecular formula is C22H16Cl2N2O3S. The highest BCUT2D eigenvalue weighted by atomic mass is 35.5. The Morgan fingerprint density at radius 3 is 2.27 bits per heavy atom. The second-order valence-corrected chi connectivity index (χ2v) is 9.02. The zero-order valence-electron chi connectivity index (χ0n) is 15.5. The highest BCUT2D eigenvalue weighted by Crippen LogP contribution is 2.36. The van der Waals surface area contributed by atoms with Crippen LogP contribution < -0.4 is 4.72 Å². The van der Waals surface area contributed by atoms with Gasteiger partial charge in [0.25, 0.3) is 10.0 Å². The van der Waals surface area contributed by atoms with E-state index in [2.05, 4.69) is 9.71 Å². The van der Waals surface area contributed by atoms with Crippen molar-refractivity contribution in [2.75, 3.05) is 4.72 Å². The van der Waals surface area contributed by atoms with Gasteiger partial charge in [0.05, 0.1) is 9.92 Å². The van der Waals surface area contributed by atoms with Crippen molar-refractivity contribution in [1.29, 1.82) is 0 Å². The highest BCUT2D eigenvalue weighted by Gasteiger charge is 2.23. The van der Waals surface area contributed by atoms with Crippen LogP contribution in [0.2, 0.25) is 10.0 Å². The topological polar surface area (TPSA) is 72.2 Å². The van der Waals surface area contributed by atoms with E-state index >= 15 is 0 Å². The Morgan fingerprint density at radius 2 is 1.57 bits per heavy atom. The minimum absolute atomic E-state index is 0.0195. The van der Waals surface area contributed by atoms with Crippen molar-refractivity contribution < 1.29 is 12.8 Å². The van der Waals surface area contributed by atoms with Crippen LogP contribution in [0.25, 0.3) is 11.3 Å². The van der Waals surface area contributed by atoms with Gasteiger partial charge in [0, 0.05) is 17.0 Å². The molecule has 0 saturated heterocycles. The van der Waals surface area contributed by atoms with Crippen LogP contribution >= 0.6 is 23.2 Å². The van der Waals surface area contributed by atoms with Crippen LogP contribution in [0.5, 0.6) is 0 Å². The number of halogens is 2. The third kappa shape index (κ3) is 4.51. The summed E-state index contributed by atoms with van der Waals surface area (Å²) >= 11 is 12.5. The molecule has 0 fully saturated rings. The lowest BCUT2D eigenvalue weighted by Gasteiger charge is -2.08. The number of benzene rings is 3. The molecule has 0 spiro atoms. The first-order valence-corrected chi connectivity index (χ1v) is 11.2. The summed E-state index contributed by atoms with van der Waals surface area (Å²) in [5.41, 5.74) is 1.71. The molecule has 0 aliphatic heterocycles. The fourth-order valence-corrected chi connectivity index (χ4v) is 4.32. The summed E-state index contributed by atoms with van der Waals surface area (Å²) in [6, 6.07) is 22.5. The third-order valence-corrected chi connectivity index (χ3v) is 6.25. The van der Waals surface area contributed by atoms with Crippen LogP contribution in [0.1, 0.15) is 11.5 Å². The summed E-state index contributed by atoms with van der Waals surface area (Å²) in [7, 11) is -3.89. The number of rotatable bonds is 6. The summed E-state index contributed by atoms with van der Waals surface area (Å²) < 4.78 is 34.0. The Bertz CT molecular complexity index is 1270. The lowest BCUT2D eigenvalue weighted by molar-refractivity contribution is 0.521. The van der Waals surface area contributed by atoms with Gasteiger partial charge in [-0.05, 0) is 35.9 Å². The van der Waals surface area contributed by atoms with Crippen molar-refractivity contribution in [2.45, 2.75) is 11.3 Å². The molecule has 1 N–H and O–H groups in total. The van der Waals surface area contributed by atoms with E-state index in [0.29, 0.717) is 27.9 Å². The van der Waals surface area contributed by atoms with Gasteiger partial charge in [-0.3, -0.25) is 0 Å². The van der Waals surface area contributed by atoms with Gasteiger partial charge in [-0.2, -0.15) is 0 Å². The van der Waals surface area contributed by atoms with E-state index in [-0.39, 0.29) is 16.5 Å². The molecular weight excluding hydrogens is 443 g/mol. The van der Waals surface area contributed by atoms with Crippen LogP contribution in [-0.2, 0) is 16.4 Å². The zero-order valence-corrected chi connectivity index (χ0v) is 17.9. The van der Waals surface area contributed by atoms with Gasteiger partial charge in [0.2, 0.25) is 11.8 Å². The van der Waals surface area contributed by atoms with Crippen LogP contribution in [0, 0.1) is 0 Å². The van der Waals surface area contributed by atoms with Crippen molar-refractivity contribution >= 4 is 39.1 Å². The number of sulfonamides is 1. The van der Waals surface area contributed by atoms with Gasteiger partial charge in [0.1, 0.15) is 5.69 Å². The largest absolute Gasteiger partial charge is 0.423 e. The molecule has 4 rings (SSSR count). The summed E-state index contributed by atoms with van der Waals surface area (Å²) in [6.45, 7) is 0. The molecule has 0 radical (unpaired) electrons. The Balaban J connectivity index is 1.78. The van der Waals surface area contributed by atoms with Crippen molar-refractivity contribution in [2.24, 2.45) is 0 Å². The fraction of sp³-hybridized carbons (Fsp3) is 0.0455. The number of aromatic nitrogens is 1. The number of nitrogens with one attached hydrogen (secondary N) is 1. The molecule has 0 saturated carbocycles. The number of oxazole rings is 1. The number of nitrogens with zero attached hydrogens (tertiary/aromatic N) is 1. The first kappa shape index (κ1) is 20.5. The van der Waals surface area contributed by atoms with E-state index in [1.807, 2.05) is 30.3 Å². The minimum atomic E-state index is -3.89. The molecule has 8 heteroatoms. The lowest BCUT2D eigenvalue weighted by atomic mass is 10.1. The quantitative estimate of drug-likeness (QED) is 0.382. The van der Waals surface area contributed by atoms with E-state index in [4.69, 9.17) is 27.6 Å². The molecule has 3 aromatic carbocycles. The van der Waals surface area contributed by atoms with Gasteiger partial charge in [0.15, 0.2) is 0 Å². The second kappa shape index (κ2) is 8.52. The molecule has 1 heterocycles. The van der Waals surface area contributed by atoms with Gasteiger partial charge in [-0.1, -0.05) is 71.7 Å². The van der Waals surface area contributed by atoms with Crippen molar-refractivity contribution in [3.05, 3.63) is 100 Å². The molecule has 30 heavy (non-hydrogen) atoms. The SMILES string of the molecule is O=S(=O)(Nc1oc(Cc2ccccc2)nc1-c1cc(Cl)ccc1Cl)c1ccccc1. The summed E-state index contributed by atoms with van der Waals surface area (Å²) in [5, 5.41) is 0.818. The molecule has 0 aliphatic carbocycles. The average molecular weight is 459 g/mol. The molecule has 0 unspecified atom stereocenters. The molecule has 4 aromatic rings. The fourth-order valence-electron chi connectivity index (χ4n) is 2.92. The van der Waals surface area contributed by atoms with Gasteiger partial charge in [-0.25, -0.2) is 18.1 Å². The Labute approximate surface area is 184 Å². The Morgan fingerprint density at radius 1 is 0.900 bits per heavy atom. The zero-order chi connectivity index (χ0) is 21.1. The van der Waals surface area contributed by atoms with Crippen molar-refractivity contribution in [3.63, 3.8) is 0 Å². The van der Waals surface area contributed by atoms with E-state index in [1.165, 1.54) is 12.1 Å². The normalized spacial score (nSPS) is 11.4. The average Bonchev–Trinajstić information content (AvgIpc) is 3.12. The maximum absolute atomic E-state index is 12.8. The molecule has 1 aromatic heterocycles. The van der Waals surface area contributed by atoms with E-state index in [9.17, 15) is 8.42 Å². The Kier molecular flexibility index (Phi) is 5.81. The maximum Gasteiger partial charge on any atom is 0.264 e. The molecule has 0 atom stereocenters. The van der Waals surface area contributed by atoms with E-state index < -0.39 is 10.0 Å². The number of anilines is 1. The summed E-state index contributed by atoms with van der Waals surface area (Å²) in [6.07, 6.45) is 0.388. The predicted octanol–water partition coefficient (Wildman–Crippen LogP) is 6.04. The molecule has 152 valence electrons. The molecule has 5 nitrogen and oxygen atoms in total. The van der Waals surface area contributed by atoms with E-state index in [1.54, 1.807) is 36.4 Å². The van der Waals surface area contributed by atoms with Crippen LogP contribution in [0.4, 0.5) is 5.88 Å². The standard InChI is InChI=1S/C22H16Cl2N2O3S/c23-16-11-12-19(24)18(14-16)21-22(26-30(27,28)17-9-5-2-6-10-17)29-20(25-21)13-15-7-3-1-4-8-15/h1-12,14,26H,13H2. The second-order valence-electron chi connectivity index (χ2n) is 6.49. The van der Waals surface area contributed by atoms with Crippen molar-refractivity contribution in [3.8, 4) is 11.3 Å². The smallest absolute Gasteiger partial charge is 0.264 e. The van der Waals surface area contributed by atoms with Crippen molar-refractivity contribution in [1.82, 2.24) is 4.98 Å². The minimum Gasteiger partial charge on any atom is -0.423 e. The summed E-state index contributed by atoms with van der Waals surface area (Å²) in [4.78, 5) is 4.62. The van der Waals surface area contributed by atoms with Gasteiger partial charge >= 0.3 is 0 Å². The van der Waals surface area contributed by atoms with Gasteiger partial charge < -0.3 is 4.42 Å². The third-order valence-electron chi connectivity index (χ3n) is 4.33. The molecule has 0 aliphatic rings. The van der Waals surface area contributed by atoms with Crippen LogP contribution in [0.3, 0.4) is 0 Å². The van der Waals surface area contributed by atoms with Gasteiger partial charge in [-0.15, -0.1) is 0 Å². The van der Waals surface area contributed by atoms with Crippen LogP contribution in [0.15, 0.2) is 88.2 Å². The number of hydrogen-bond acceptors (Lipinski definition) is 4. The molecule has 0 amide bonds. The lowest BCUT2D eigenvalue weighted by Crippen LogP contribution is -2.13. The van der Waals surface area contributed by atoms with E-state index in [0.717, 1.165) is 5.56 Å². The number of hydrogen-bond donors (Lipinski definition) is 1. The monoisotopic (exact) mass is 458 g/mol. The highest BCUT2D eigenvalue weighted by molar-refractivity contribution is 7.92. The predicted molar refractivity (Wildman–Crippen MR) is 118 cm³/mol. The Hall–Kier alpha value is -2.80. The maximum atomic E-state index is 12.8. The summed E-state index contributed by atoms with van der Waals surface area (Å²) in [5.74, 6) is 0.326. The first-order chi connectivity index (χ1) is 14.4. The first-order valence-electron chi connectivity index (χ1n) is 8.99. The molecule has 0 bridgehead atoms. The van der Waals surface area contributed by atoms with Crippen LogP contribution in [-0.4, -0.2) is 13.4 Å².